The van der Waals surface area contributed by atoms with Crippen LogP contribution in [0.5, 0.6) is 0 Å². The van der Waals surface area contributed by atoms with Crippen LogP contribution in [0.2, 0.25) is 0 Å². The molecular weight excluding hydrogens is 393 g/mol. The number of halogens is 3. The van der Waals surface area contributed by atoms with Gasteiger partial charge in [-0.1, -0.05) is 12.8 Å². The Hall–Kier alpha value is -1.80. The minimum Gasteiger partial charge on any atom is -0.369 e. The Morgan fingerprint density at radius 2 is 1.47 bits per heavy atom. The van der Waals surface area contributed by atoms with E-state index in [-0.39, 0.29) is 5.91 Å². The Kier molecular flexibility index (Phi) is 6.53. The van der Waals surface area contributed by atoms with Gasteiger partial charge < -0.3 is 9.80 Å². The molecule has 0 radical (unpaired) electrons. The van der Waals surface area contributed by atoms with Gasteiger partial charge in [0, 0.05) is 64.1 Å². The molecule has 2 saturated heterocycles. The molecule has 1 saturated carbocycles. The molecule has 0 bridgehead atoms. The highest BCUT2D eigenvalue weighted by molar-refractivity contribution is 5.78. The van der Waals surface area contributed by atoms with Gasteiger partial charge in [-0.05, 0) is 37.1 Å². The summed E-state index contributed by atoms with van der Waals surface area (Å²) in [6.07, 6.45) is 0.971. The number of rotatable bonds is 4. The average molecular weight is 425 g/mol. The monoisotopic (exact) mass is 424 g/mol. The molecule has 1 amide bonds. The first kappa shape index (κ1) is 21.4. The van der Waals surface area contributed by atoms with E-state index in [1.54, 1.807) is 0 Å². The Morgan fingerprint density at radius 3 is 2.03 bits per heavy atom. The maximum absolute atomic E-state index is 12.7. The van der Waals surface area contributed by atoms with Crippen LogP contribution in [0.3, 0.4) is 0 Å². The summed E-state index contributed by atoms with van der Waals surface area (Å²) in [5, 5.41) is 0. The van der Waals surface area contributed by atoms with Crippen LogP contribution in [0.15, 0.2) is 24.3 Å². The summed E-state index contributed by atoms with van der Waals surface area (Å²) >= 11 is 0. The van der Waals surface area contributed by atoms with Crippen molar-refractivity contribution < 1.29 is 18.0 Å². The SMILES string of the molecule is O=C(CN1CCN(c2ccc(C(F)(F)F)cc2)CC1)N1CCN(C2CCCC2)CC1. The zero-order valence-electron chi connectivity index (χ0n) is 17.4. The van der Waals surface area contributed by atoms with Crippen LogP contribution in [0.1, 0.15) is 31.2 Å². The van der Waals surface area contributed by atoms with Crippen molar-refractivity contribution in [3.05, 3.63) is 29.8 Å². The molecule has 166 valence electrons. The van der Waals surface area contributed by atoms with E-state index in [9.17, 15) is 18.0 Å². The van der Waals surface area contributed by atoms with Gasteiger partial charge in [0.05, 0.1) is 12.1 Å². The molecule has 0 atom stereocenters. The van der Waals surface area contributed by atoms with Crippen molar-refractivity contribution in [3.8, 4) is 0 Å². The maximum atomic E-state index is 12.7. The number of amides is 1. The van der Waals surface area contributed by atoms with Crippen LogP contribution in [0.4, 0.5) is 18.9 Å². The normalized spacial score (nSPS) is 22.6. The third-order valence-electron chi connectivity index (χ3n) is 6.80. The number of carbonyl (C=O) groups is 1. The minimum atomic E-state index is -4.31. The summed E-state index contributed by atoms with van der Waals surface area (Å²) in [6.45, 7) is 6.97. The predicted molar refractivity (Wildman–Crippen MR) is 111 cm³/mol. The minimum absolute atomic E-state index is 0.198. The molecule has 0 spiro atoms. The van der Waals surface area contributed by atoms with Gasteiger partial charge >= 0.3 is 6.18 Å². The van der Waals surface area contributed by atoms with Gasteiger partial charge in [-0.15, -0.1) is 0 Å². The third-order valence-corrected chi connectivity index (χ3v) is 6.80. The van der Waals surface area contributed by atoms with E-state index >= 15 is 0 Å². The van der Waals surface area contributed by atoms with Crippen LogP contribution in [0.25, 0.3) is 0 Å². The summed E-state index contributed by atoms with van der Waals surface area (Å²) in [6, 6.07) is 6.06. The molecule has 5 nitrogen and oxygen atoms in total. The van der Waals surface area contributed by atoms with Gasteiger partial charge in [0.2, 0.25) is 5.91 Å². The van der Waals surface area contributed by atoms with E-state index < -0.39 is 11.7 Å². The summed E-state index contributed by atoms with van der Waals surface area (Å²) in [7, 11) is 0. The molecule has 30 heavy (non-hydrogen) atoms. The number of piperazine rings is 2. The molecule has 0 aromatic heterocycles. The Balaban J connectivity index is 1.20. The van der Waals surface area contributed by atoms with Crippen LogP contribution in [-0.2, 0) is 11.0 Å². The van der Waals surface area contributed by atoms with Crippen molar-refractivity contribution in [1.29, 1.82) is 0 Å². The summed E-state index contributed by atoms with van der Waals surface area (Å²) in [5.41, 5.74) is 0.181. The quantitative estimate of drug-likeness (QED) is 0.744. The lowest BCUT2D eigenvalue weighted by molar-refractivity contribution is -0.137. The van der Waals surface area contributed by atoms with E-state index in [4.69, 9.17) is 0 Å². The zero-order chi connectivity index (χ0) is 21.1. The molecule has 0 unspecified atom stereocenters. The molecule has 3 aliphatic rings. The van der Waals surface area contributed by atoms with Gasteiger partial charge in [0.15, 0.2) is 0 Å². The van der Waals surface area contributed by atoms with Crippen LogP contribution < -0.4 is 4.90 Å². The Labute approximate surface area is 176 Å². The van der Waals surface area contributed by atoms with E-state index in [1.165, 1.54) is 37.8 Å². The Morgan fingerprint density at radius 1 is 0.867 bits per heavy atom. The second-order valence-corrected chi connectivity index (χ2v) is 8.66. The van der Waals surface area contributed by atoms with Gasteiger partial charge in [0.25, 0.3) is 0 Å². The van der Waals surface area contributed by atoms with Crippen molar-refractivity contribution in [2.24, 2.45) is 0 Å². The standard InChI is InChI=1S/C22H31F3N4O/c23-22(24,25)18-5-7-20(8-6-18)27-11-9-26(10-12-27)17-21(30)29-15-13-28(14-16-29)19-3-1-2-4-19/h5-8,19H,1-4,9-17H2. The first-order valence-corrected chi connectivity index (χ1v) is 11.1. The number of hydrogen-bond acceptors (Lipinski definition) is 4. The fraction of sp³-hybridized carbons (Fsp3) is 0.682. The van der Waals surface area contributed by atoms with E-state index in [0.29, 0.717) is 19.6 Å². The van der Waals surface area contributed by atoms with Crippen LogP contribution >= 0.6 is 0 Å². The smallest absolute Gasteiger partial charge is 0.369 e. The lowest BCUT2D eigenvalue weighted by Gasteiger charge is -2.40. The molecule has 1 aliphatic carbocycles. The van der Waals surface area contributed by atoms with Crippen molar-refractivity contribution >= 4 is 11.6 Å². The van der Waals surface area contributed by atoms with Crippen molar-refractivity contribution in [1.82, 2.24) is 14.7 Å². The van der Waals surface area contributed by atoms with Gasteiger partial charge in [-0.3, -0.25) is 14.6 Å². The zero-order valence-corrected chi connectivity index (χ0v) is 17.4. The van der Waals surface area contributed by atoms with Crippen molar-refractivity contribution in [3.63, 3.8) is 0 Å². The molecule has 8 heteroatoms. The van der Waals surface area contributed by atoms with Gasteiger partial charge in [-0.25, -0.2) is 0 Å². The molecular formula is C22H31F3N4O. The van der Waals surface area contributed by atoms with Crippen LogP contribution in [-0.4, -0.2) is 85.6 Å². The number of carbonyl (C=O) groups excluding carboxylic acids is 1. The summed E-state index contributed by atoms with van der Waals surface area (Å²) in [5.74, 6) is 0.198. The Bertz CT molecular complexity index is 702. The maximum Gasteiger partial charge on any atom is 0.416 e. The predicted octanol–water partition coefficient (Wildman–Crippen LogP) is 2.91. The molecule has 4 rings (SSSR count). The molecule has 0 N–H and O–H groups in total. The average Bonchev–Trinajstić information content (AvgIpc) is 3.29. The number of hydrogen-bond donors (Lipinski definition) is 0. The van der Waals surface area contributed by atoms with Crippen molar-refractivity contribution in [2.75, 3.05) is 63.8 Å². The number of nitrogens with zero attached hydrogens (tertiary/aromatic N) is 4. The van der Waals surface area contributed by atoms with Crippen molar-refractivity contribution in [2.45, 2.75) is 37.9 Å². The highest BCUT2D eigenvalue weighted by Crippen LogP contribution is 2.30. The van der Waals surface area contributed by atoms with Gasteiger partial charge in [-0.2, -0.15) is 13.2 Å². The highest BCUT2D eigenvalue weighted by atomic mass is 19.4. The lowest BCUT2D eigenvalue weighted by atomic mass is 10.1. The first-order valence-electron chi connectivity index (χ1n) is 11.1. The number of benzene rings is 1. The topological polar surface area (TPSA) is 30.0 Å². The fourth-order valence-corrected chi connectivity index (χ4v) is 4.92. The molecule has 1 aromatic rings. The molecule has 2 aliphatic heterocycles. The number of anilines is 1. The summed E-state index contributed by atoms with van der Waals surface area (Å²) < 4.78 is 38.2. The lowest BCUT2D eigenvalue weighted by Crippen LogP contribution is -2.55. The van der Waals surface area contributed by atoms with E-state index in [2.05, 4.69) is 14.7 Å². The molecule has 2 heterocycles. The number of alkyl halides is 3. The fourth-order valence-electron chi connectivity index (χ4n) is 4.92. The van der Waals surface area contributed by atoms with E-state index in [1.807, 2.05) is 4.90 Å². The largest absolute Gasteiger partial charge is 0.416 e. The molecule has 1 aromatic carbocycles. The van der Waals surface area contributed by atoms with Gasteiger partial charge in [0.1, 0.15) is 0 Å². The second-order valence-electron chi connectivity index (χ2n) is 8.66. The molecule has 3 fully saturated rings. The second kappa shape index (κ2) is 9.14. The van der Waals surface area contributed by atoms with E-state index in [0.717, 1.165) is 63.1 Å². The first-order chi connectivity index (χ1) is 14.4. The van der Waals surface area contributed by atoms with Crippen LogP contribution in [0, 0.1) is 0 Å². The highest BCUT2D eigenvalue weighted by Gasteiger charge is 2.31. The third kappa shape index (κ3) is 5.09. The summed E-state index contributed by atoms with van der Waals surface area (Å²) in [4.78, 5) is 21.5.